The van der Waals surface area contributed by atoms with Gasteiger partial charge in [-0.1, -0.05) is 12.1 Å². The summed E-state index contributed by atoms with van der Waals surface area (Å²) in [5.41, 5.74) is 7.64. The zero-order valence-electron chi connectivity index (χ0n) is 11.6. The van der Waals surface area contributed by atoms with Crippen LogP contribution in [0.3, 0.4) is 0 Å². The highest BCUT2D eigenvalue weighted by atomic mass is 19.1. The van der Waals surface area contributed by atoms with E-state index >= 15 is 0 Å². The lowest BCUT2D eigenvalue weighted by Gasteiger charge is -2.09. The van der Waals surface area contributed by atoms with Crippen molar-refractivity contribution >= 4 is 11.7 Å². The number of carbonyl (C=O) groups is 1. The molecule has 0 saturated carbocycles. The second-order valence-electron chi connectivity index (χ2n) is 4.59. The molecule has 2 rings (SSSR count). The molecule has 0 aliphatic heterocycles. The molecular weight excluding hydrogens is 273 g/mol. The monoisotopic (exact) mass is 289 g/mol. The standard InChI is InChI=1S/C16H16FNO3/c1-11-5-6-13(17)7-12(11)9-21-16(19)10-20-15-4-2-3-14(18)8-15/h2-8H,9-10,18H2,1H3. The quantitative estimate of drug-likeness (QED) is 0.679. The first-order valence-electron chi connectivity index (χ1n) is 6.43. The molecule has 0 unspecified atom stereocenters. The fourth-order valence-corrected chi connectivity index (χ4v) is 1.74. The third kappa shape index (κ3) is 4.49. The van der Waals surface area contributed by atoms with E-state index in [1.807, 2.05) is 6.92 Å². The molecule has 2 aromatic rings. The van der Waals surface area contributed by atoms with E-state index in [-0.39, 0.29) is 19.0 Å². The van der Waals surface area contributed by atoms with Gasteiger partial charge in [-0.15, -0.1) is 0 Å². The minimum Gasteiger partial charge on any atom is -0.482 e. The zero-order chi connectivity index (χ0) is 15.2. The Morgan fingerprint density at radius 3 is 2.81 bits per heavy atom. The summed E-state index contributed by atoms with van der Waals surface area (Å²) in [6.45, 7) is 1.62. The Labute approximate surface area is 122 Å². The first-order valence-corrected chi connectivity index (χ1v) is 6.43. The summed E-state index contributed by atoms with van der Waals surface area (Å²) in [6.07, 6.45) is 0. The molecular formula is C16H16FNO3. The van der Waals surface area contributed by atoms with E-state index in [9.17, 15) is 9.18 Å². The summed E-state index contributed by atoms with van der Waals surface area (Å²) < 4.78 is 23.4. The van der Waals surface area contributed by atoms with Gasteiger partial charge in [0.15, 0.2) is 6.61 Å². The highest BCUT2D eigenvalue weighted by molar-refractivity contribution is 5.71. The highest BCUT2D eigenvalue weighted by Crippen LogP contribution is 2.15. The Morgan fingerprint density at radius 1 is 1.24 bits per heavy atom. The minimum atomic E-state index is -0.527. The Hall–Kier alpha value is -2.56. The molecule has 0 heterocycles. The maximum atomic E-state index is 13.1. The van der Waals surface area contributed by atoms with Gasteiger partial charge in [0.25, 0.3) is 0 Å². The minimum absolute atomic E-state index is 0.0166. The number of ether oxygens (including phenoxy) is 2. The number of aryl methyl sites for hydroxylation is 1. The number of nitrogen functional groups attached to an aromatic ring is 1. The maximum absolute atomic E-state index is 13.1. The second kappa shape index (κ2) is 6.74. The van der Waals surface area contributed by atoms with Gasteiger partial charge < -0.3 is 15.2 Å². The van der Waals surface area contributed by atoms with Crippen LogP contribution in [0.15, 0.2) is 42.5 Å². The predicted octanol–water partition coefficient (Wildman–Crippen LogP) is 2.84. The number of hydrogen-bond acceptors (Lipinski definition) is 4. The van der Waals surface area contributed by atoms with Crippen molar-refractivity contribution < 1.29 is 18.7 Å². The first kappa shape index (κ1) is 14.8. The molecule has 0 fully saturated rings. The molecule has 0 saturated heterocycles. The highest BCUT2D eigenvalue weighted by Gasteiger charge is 2.07. The summed E-state index contributed by atoms with van der Waals surface area (Å²) in [5.74, 6) is -0.391. The van der Waals surface area contributed by atoms with E-state index in [0.29, 0.717) is 17.0 Å². The van der Waals surface area contributed by atoms with Crippen molar-refractivity contribution in [1.82, 2.24) is 0 Å². The second-order valence-corrected chi connectivity index (χ2v) is 4.59. The van der Waals surface area contributed by atoms with E-state index in [4.69, 9.17) is 15.2 Å². The van der Waals surface area contributed by atoms with Crippen LogP contribution >= 0.6 is 0 Å². The molecule has 0 amide bonds. The summed E-state index contributed by atoms with van der Waals surface area (Å²) in [7, 11) is 0. The molecule has 0 bridgehead atoms. The largest absolute Gasteiger partial charge is 0.482 e. The topological polar surface area (TPSA) is 61.5 Å². The number of benzene rings is 2. The van der Waals surface area contributed by atoms with Crippen LogP contribution in [0.25, 0.3) is 0 Å². The van der Waals surface area contributed by atoms with Gasteiger partial charge >= 0.3 is 5.97 Å². The number of carbonyl (C=O) groups excluding carboxylic acids is 1. The average molecular weight is 289 g/mol. The number of anilines is 1. The van der Waals surface area contributed by atoms with Crippen LogP contribution in [-0.4, -0.2) is 12.6 Å². The molecule has 5 heteroatoms. The van der Waals surface area contributed by atoms with Crippen molar-refractivity contribution in [2.45, 2.75) is 13.5 Å². The number of esters is 1. The molecule has 0 atom stereocenters. The third-order valence-corrected chi connectivity index (χ3v) is 2.91. The lowest BCUT2D eigenvalue weighted by molar-refractivity contribution is -0.147. The van der Waals surface area contributed by atoms with E-state index in [1.54, 1.807) is 30.3 Å². The van der Waals surface area contributed by atoms with Crippen molar-refractivity contribution in [2.24, 2.45) is 0 Å². The van der Waals surface area contributed by atoms with Crippen LogP contribution in [0.2, 0.25) is 0 Å². The molecule has 0 radical (unpaired) electrons. The maximum Gasteiger partial charge on any atom is 0.344 e. The first-order chi connectivity index (χ1) is 10.0. The predicted molar refractivity (Wildman–Crippen MR) is 77.3 cm³/mol. The van der Waals surface area contributed by atoms with Gasteiger partial charge in [0, 0.05) is 11.8 Å². The molecule has 0 aromatic heterocycles. The van der Waals surface area contributed by atoms with Gasteiger partial charge in [-0.2, -0.15) is 0 Å². The Balaban J connectivity index is 1.83. The van der Waals surface area contributed by atoms with Gasteiger partial charge in [0.05, 0.1) is 0 Å². The van der Waals surface area contributed by atoms with Crippen LogP contribution in [0.5, 0.6) is 5.75 Å². The van der Waals surface area contributed by atoms with Crippen LogP contribution in [0.4, 0.5) is 10.1 Å². The Morgan fingerprint density at radius 2 is 2.05 bits per heavy atom. The molecule has 0 aliphatic carbocycles. The van der Waals surface area contributed by atoms with Crippen LogP contribution in [0, 0.1) is 12.7 Å². The summed E-state index contributed by atoms with van der Waals surface area (Å²) in [5, 5.41) is 0. The van der Waals surface area contributed by atoms with E-state index in [0.717, 1.165) is 5.56 Å². The number of nitrogens with two attached hydrogens (primary N) is 1. The fraction of sp³-hybridized carbons (Fsp3) is 0.188. The van der Waals surface area contributed by atoms with Crippen molar-refractivity contribution in [3.8, 4) is 5.75 Å². The van der Waals surface area contributed by atoms with Gasteiger partial charge in [-0.05, 0) is 42.3 Å². The SMILES string of the molecule is Cc1ccc(F)cc1COC(=O)COc1cccc(N)c1. The van der Waals surface area contributed by atoms with Gasteiger partial charge in [0.2, 0.25) is 0 Å². The zero-order valence-corrected chi connectivity index (χ0v) is 11.6. The fourth-order valence-electron chi connectivity index (χ4n) is 1.74. The van der Waals surface area contributed by atoms with Crippen molar-refractivity contribution in [3.63, 3.8) is 0 Å². The van der Waals surface area contributed by atoms with Gasteiger partial charge in [-0.25, -0.2) is 9.18 Å². The average Bonchev–Trinajstić information content (AvgIpc) is 2.46. The van der Waals surface area contributed by atoms with Crippen LogP contribution < -0.4 is 10.5 Å². The number of hydrogen-bond donors (Lipinski definition) is 1. The van der Waals surface area contributed by atoms with Gasteiger partial charge in [0.1, 0.15) is 18.2 Å². The number of rotatable bonds is 5. The smallest absolute Gasteiger partial charge is 0.344 e. The lowest BCUT2D eigenvalue weighted by Crippen LogP contribution is -2.15. The Bertz CT molecular complexity index is 643. The summed E-state index contributed by atoms with van der Waals surface area (Å²) in [6, 6.07) is 11.1. The molecule has 21 heavy (non-hydrogen) atoms. The van der Waals surface area contributed by atoms with Crippen molar-refractivity contribution in [2.75, 3.05) is 12.3 Å². The number of halogens is 1. The summed E-state index contributed by atoms with van der Waals surface area (Å²) >= 11 is 0. The molecule has 4 nitrogen and oxygen atoms in total. The molecule has 0 spiro atoms. The van der Waals surface area contributed by atoms with Gasteiger partial charge in [-0.3, -0.25) is 0 Å². The normalized spacial score (nSPS) is 10.2. The van der Waals surface area contributed by atoms with E-state index in [2.05, 4.69) is 0 Å². The van der Waals surface area contributed by atoms with Crippen molar-refractivity contribution in [3.05, 3.63) is 59.4 Å². The molecule has 2 aromatic carbocycles. The third-order valence-electron chi connectivity index (χ3n) is 2.91. The van der Waals surface area contributed by atoms with Crippen LogP contribution in [-0.2, 0) is 16.1 Å². The van der Waals surface area contributed by atoms with Crippen molar-refractivity contribution in [1.29, 1.82) is 0 Å². The lowest BCUT2D eigenvalue weighted by atomic mass is 10.1. The molecule has 110 valence electrons. The van der Waals surface area contributed by atoms with E-state index in [1.165, 1.54) is 12.1 Å². The Kier molecular flexibility index (Phi) is 4.77. The summed E-state index contributed by atoms with van der Waals surface area (Å²) in [4.78, 5) is 11.6. The van der Waals surface area contributed by atoms with E-state index < -0.39 is 5.97 Å². The molecule has 2 N–H and O–H groups in total. The molecule has 0 aliphatic rings. The van der Waals surface area contributed by atoms with Crippen LogP contribution in [0.1, 0.15) is 11.1 Å².